The predicted molar refractivity (Wildman–Crippen MR) is 76.4 cm³/mol. The van der Waals surface area contributed by atoms with Crippen LogP contribution >= 0.6 is 0 Å². The Labute approximate surface area is 119 Å². The first-order valence-electron chi connectivity index (χ1n) is 6.98. The molecule has 2 N–H and O–H groups in total. The lowest BCUT2D eigenvalue weighted by Crippen LogP contribution is -2.36. The molecule has 1 aliphatic carbocycles. The van der Waals surface area contributed by atoms with Gasteiger partial charge in [-0.15, -0.1) is 0 Å². The molecule has 2 rings (SSSR count). The van der Waals surface area contributed by atoms with Crippen LogP contribution in [0.1, 0.15) is 37.7 Å². The van der Waals surface area contributed by atoms with E-state index < -0.39 is 15.8 Å². The Morgan fingerprint density at radius 1 is 1.25 bits per heavy atom. The second-order valence-corrected chi connectivity index (χ2v) is 6.93. The third-order valence-electron chi connectivity index (χ3n) is 3.59. The average Bonchev–Trinajstić information content (AvgIpc) is 2.42. The van der Waals surface area contributed by atoms with Gasteiger partial charge in [-0.1, -0.05) is 25.3 Å². The van der Waals surface area contributed by atoms with Crippen molar-refractivity contribution in [2.24, 2.45) is 0 Å². The summed E-state index contributed by atoms with van der Waals surface area (Å²) in [6.45, 7) is 0.506. The lowest BCUT2D eigenvalue weighted by molar-refractivity contribution is 0.411. The monoisotopic (exact) mass is 300 g/mol. The van der Waals surface area contributed by atoms with Gasteiger partial charge in [0.1, 0.15) is 10.7 Å². The molecule has 0 aromatic heterocycles. The first kappa shape index (κ1) is 15.4. The molecule has 1 saturated carbocycles. The summed E-state index contributed by atoms with van der Waals surface area (Å²) >= 11 is 0. The Kier molecular flexibility index (Phi) is 5.12. The smallest absolute Gasteiger partial charge is 0.243 e. The minimum atomic E-state index is -3.78. The van der Waals surface area contributed by atoms with E-state index in [9.17, 15) is 12.8 Å². The maximum atomic E-state index is 13.8. The van der Waals surface area contributed by atoms with Crippen molar-refractivity contribution in [2.45, 2.75) is 49.6 Å². The highest BCUT2D eigenvalue weighted by Gasteiger charge is 2.24. The Bertz CT molecular complexity index is 554. The Balaban J connectivity index is 2.21. The molecule has 1 aromatic rings. The minimum absolute atomic E-state index is 0.0684. The largest absolute Gasteiger partial charge is 0.316 e. The van der Waals surface area contributed by atoms with Crippen LogP contribution in [0.25, 0.3) is 0 Å². The molecule has 4 nitrogen and oxygen atoms in total. The molecule has 0 unspecified atom stereocenters. The highest BCUT2D eigenvalue weighted by molar-refractivity contribution is 7.89. The van der Waals surface area contributed by atoms with E-state index >= 15 is 0 Å². The first-order chi connectivity index (χ1) is 9.53. The Morgan fingerprint density at radius 2 is 1.95 bits per heavy atom. The number of halogens is 1. The molecule has 1 aliphatic rings. The van der Waals surface area contributed by atoms with Crippen molar-refractivity contribution in [3.8, 4) is 0 Å². The number of nitrogens with one attached hydrogen (secondary N) is 2. The summed E-state index contributed by atoms with van der Waals surface area (Å²) in [5.74, 6) is -0.701. The highest BCUT2D eigenvalue weighted by Crippen LogP contribution is 2.22. The van der Waals surface area contributed by atoms with Crippen LogP contribution in [0.4, 0.5) is 4.39 Å². The molecule has 0 atom stereocenters. The summed E-state index contributed by atoms with van der Waals surface area (Å²) in [5, 5.41) is 2.93. The molecule has 1 aromatic carbocycles. The van der Waals surface area contributed by atoms with E-state index in [2.05, 4.69) is 10.0 Å². The molecule has 20 heavy (non-hydrogen) atoms. The molecule has 0 saturated heterocycles. The number of hydrogen-bond donors (Lipinski definition) is 2. The predicted octanol–water partition coefficient (Wildman–Crippen LogP) is 2.16. The van der Waals surface area contributed by atoms with Gasteiger partial charge in [0.05, 0.1) is 0 Å². The summed E-state index contributed by atoms with van der Waals surface area (Å²) in [7, 11) is -2.02. The van der Waals surface area contributed by atoms with Crippen molar-refractivity contribution in [3.05, 3.63) is 29.6 Å². The van der Waals surface area contributed by atoms with Gasteiger partial charge in [0, 0.05) is 12.6 Å². The third kappa shape index (κ3) is 3.77. The van der Waals surface area contributed by atoms with Gasteiger partial charge in [0.15, 0.2) is 0 Å². The van der Waals surface area contributed by atoms with Crippen LogP contribution in [0, 0.1) is 5.82 Å². The number of rotatable bonds is 5. The van der Waals surface area contributed by atoms with E-state index in [0.29, 0.717) is 6.54 Å². The third-order valence-corrected chi connectivity index (χ3v) is 5.13. The van der Waals surface area contributed by atoms with Gasteiger partial charge < -0.3 is 5.32 Å². The van der Waals surface area contributed by atoms with Crippen LogP contribution in [0.2, 0.25) is 0 Å². The van der Waals surface area contributed by atoms with Crippen molar-refractivity contribution in [3.63, 3.8) is 0 Å². The Morgan fingerprint density at radius 3 is 2.60 bits per heavy atom. The van der Waals surface area contributed by atoms with Crippen LogP contribution < -0.4 is 10.0 Å². The van der Waals surface area contributed by atoms with Crippen molar-refractivity contribution >= 4 is 10.0 Å². The summed E-state index contributed by atoms with van der Waals surface area (Å²) < 4.78 is 41.1. The lowest BCUT2D eigenvalue weighted by atomic mass is 9.96. The molecule has 112 valence electrons. The average molecular weight is 300 g/mol. The molecule has 0 heterocycles. The fourth-order valence-corrected chi connectivity index (χ4v) is 4.00. The molecule has 1 fully saturated rings. The van der Waals surface area contributed by atoms with Crippen molar-refractivity contribution in [2.75, 3.05) is 7.05 Å². The molecular formula is C14H21FN2O2S. The fourth-order valence-electron chi connectivity index (χ4n) is 2.57. The van der Waals surface area contributed by atoms with E-state index in [1.165, 1.54) is 12.1 Å². The molecular weight excluding hydrogens is 279 g/mol. The normalized spacial score (nSPS) is 17.3. The van der Waals surface area contributed by atoms with Crippen LogP contribution in [-0.4, -0.2) is 21.5 Å². The summed E-state index contributed by atoms with van der Waals surface area (Å²) in [6.07, 6.45) is 4.85. The van der Waals surface area contributed by atoms with Gasteiger partial charge >= 0.3 is 0 Å². The van der Waals surface area contributed by atoms with E-state index in [4.69, 9.17) is 0 Å². The zero-order chi connectivity index (χ0) is 14.6. The van der Waals surface area contributed by atoms with Crippen LogP contribution in [-0.2, 0) is 16.6 Å². The number of sulfonamides is 1. The standard InChI is InChI=1S/C14H21FN2O2S/c1-16-10-11-7-8-13(15)14(9-11)20(18,19)17-12-5-3-2-4-6-12/h7-9,12,16-17H,2-6,10H2,1H3. The summed E-state index contributed by atoms with van der Waals surface area (Å²) in [6, 6.07) is 4.13. The van der Waals surface area contributed by atoms with Crippen LogP contribution in [0.3, 0.4) is 0 Å². The topological polar surface area (TPSA) is 58.2 Å². The Hall–Kier alpha value is -0.980. The van der Waals surface area contributed by atoms with Gasteiger partial charge in [0.2, 0.25) is 10.0 Å². The fraction of sp³-hybridized carbons (Fsp3) is 0.571. The molecule has 0 bridgehead atoms. The van der Waals surface area contributed by atoms with Crippen molar-refractivity contribution in [1.29, 1.82) is 0 Å². The second-order valence-electron chi connectivity index (χ2n) is 5.25. The van der Waals surface area contributed by atoms with Crippen LogP contribution in [0.5, 0.6) is 0 Å². The first-order valence-corrected chi connectivity index (χ1v) is 8.46. The van der Waals surface area contributed by atoms with Gasteiger partial charge in [-0.3, -0.25) is 0 Å². The van der Waals surface area contributed by atoms with E-state index in [1.54, 1.807) is 13.1 Å². The van der Waals surface area contributed by atoms with Gasteiger partial charge in [-0.2, -0.15) is 0 Å². The van der Waals surface area contributed by atoms with Gasteiger partial charge in [0.25, 0.3) is 0 Å². The second kappa shape index (κ2) is 6.65. The van der Waals surface area contributed by atoms with Gasteiger partial charge in [-0.25, -0.2) is 17.5 Å². The summed E-state index contributed by atoms with van der Waals surface area (Å²) in [4.78, 5) is -0.254. The van der Waals surface area contributed by atoms with E-state index in [1.807, 2.05) is 0 Å². The number of hydrogen-bond acceptors (Lipinski definition) is 3. The molecule has 0 aliphatic heterocycles. The van der Waals surface area contributed by atoms with Crippen LogP contribution in [0.15, 0.2) is 23.1 Å². The van der Waals surface area contributed by atoms with E-state index in [0.717, 1.165) is 37.7 Å². The van der Waals surface area contributed by atoms with Crippen molar-refractivity contribution in [1.82, 2.24) is 10.0 Å². The van der Waals surface area contributed by atoms with Crippen molar-refractivity contribution < 1.29 is 12.8 Å². The molecule has 6 heteroatoms. The maximum absolute atomic E-state index is 13.8. The maximum Gasteiger partial charge on any atom is 0.243 e. The SMILES string of the molecule is CNCc1ccc(F)c(S(=O)(=O)NC2CCCCC2)c1. The number of benzene rings is 1. The minimum Gasteiger partial charge on any atom is -0.316 e. The molecule has 0 spiro atoms. The van der Waals surface area contributed by atoms with E-state index in [-0.39, 0.29) is 10.9 Å². The molecule has 0 amide bonds. The van der Waals surface area contributed by atoms with Gasteiger partial charge in [-0.05, 0) is 37.6 Å². The zero-order valence-corrected chi connectivity index (χ0v) is 12.5. The quantitative estimate of drug-likeness (QED) is 0.876. The zero-order valence-electron chi connectivity index (χ0n) is 11.7. The summed E-state index contributed by atoms with van der Waals surface area (Å²) in [5.41, 5.74) is 0.748. The lowest BCUT2D eigenvalue weighted by Gasteiger charge is -2.22. The molecule has 0 radical (unpaired) electrons. The highest BCUT2D eigenvalue weighted by atomic mass is 32.2.